The Bertz CT molecular complexity index is 454. The van der Waals surface area contributed by atoms with E-state index >= 15 is 0 Å². The number of rotatable bonds is 5. The molecule has 0 radical (unpaired) electrons. The van der Waals surface area contributed by atoms with E-state index in [1.54, 1.807) is 11.4 Å². The zero-order valence-electron chi connectivity index (χ0n) is 9.63. The fraction of sp³-hybridized carbons (Fsp3) is 0.455. The van der Waals surface area contributed by atoms with Gasteiger partial charge in [-0.2, -0.15) is 0 Å². The number of aliphatic hydroxyl groups is 1. The predicted molar refractivity (Wildman–Crippen MR) is 67.0 cm³/mol. The Kier molecular flexibility index (Phi) is 3.95. The molecule has 0 unspecified atom stereocenters. The van der Waals surface area contributed by atoms with Crippen LogP contribution in [0.3, 0.4) is 0 Å². The summed E-state index contributed by atoms with van der Waals surface area (Å²) in [4.78, 5) is 24.6. The lowest BCUT2D eigenvalue weighted by molar-refractivity contribution is -0.117. The molecule has 0 aliphatic carbocycles. The average Bonchev–Trinajstić information content (AvgIpc) is 2.71. The number of carbonyl (C=O) groups excluding carboxylic acids is 1. The van der Waals surface area contributed by atoms with Crippen LogP contribution >= 0.6 is 11.3 Å². The summed E-state index contributed by atoms with van der Waals surface area (Å²) in [5.74, 6) is -1.25. The fourth-order valence-electron chi connectivity index (χ4n) is 1.77. The first-order valence-electron chi connectivity index (χ1n) is 5.57. The van der Waals surface area contributed by atoms with Crippen molar-refractivity contribution in [2.24, 2.45) is 0 Å². The lowest BCUT2D eigenvalue weighted by atomic mass is 10.1. The van der Waals surface area contributed by atoms with E-state index in [1.165, 1.54) is 0 Å². The predicted octanol–water partition coefficient (Wildman–Crippen LogP) is 0.451. The fourth-order valence-corrected chi connectivity index (χ4v) is 2.46. The summed E-state index contributed by atoms with van der Waals surface area (Å²) in [6, 6.07) is 1.58. The Labute approximate surface area is 108 Å². The van der Waals surface area contributed by atoms with Crippen LogP contribution in [0.1, 0.15) is 16.1 Å². The Morgan fingerprint density at radius 2 is 2.22 bits per heavy atom. The Morgan fingerprint density at radius 1 is 1.50 bits per heavy atom. The number of carboxylic acids is 1. The molecule has 18 heavy (non-hydrogen) atoms. The number of nitrogens with zero attached hydrogens (tertiary/aromatic N) is 1. The van der Waals surface area contributed by atoms with Crippen molar-refractivity contribution in [2.75, 3.05) is 25.0 Å². The second-order valence-corrected chi connectivity index (χ2v) is 5.10. The zero-order chi connectivity index (χ0) is 13.1. The van der Waals surface area contributed by atoms with E-state index in [-0.39, 0.29) is 16.9 Å². The standard InChI is InChI=1S/C11H14N2O4S/c14-7-5-13(6-7)3-1-9(15)12-8-2-4-18-10(8)11(16)17/h2,4,7,14H,1,3,5-6H2,(H,12,15)(H,16,17). The Hall–Kier alpha value is -1.44. The number of anilines is 1. The van der Waals surface area contributed by atoms with E-state index in [4.69, 9.17) is 10.2 Å². The molecule has 0 bridgehead atoms. The summed E-state index contributed by atoms with van der Waals surface area (Å²) in [6.45, 7) is 1.79. The van der Waals surface area contributed by atoms with Gasteiger partial charge in [-0.05, 0) is 11.4 Å². The van der Waals surface area contributed by atoms with Crippen LogP contribution in [0.5, 0.6) is 0 Å². The van der Waals surface area contributed by atoms with Crippen LogP contribution < -0.4 is 5.32 Å². The maximum Gasteiger partial charge on any atom is 0.348 e. The van der Waals surface area contributed by atoms with Crippen LogP contribution in [0.15, 0.2) is 11.4 Å². The van der Waals surface area contributed by atoms with Crippen LogP contribution in [-0.4, -0.2) is 52.7 Å². The van der Waals surface area contributed by atoms with Crippen LogP contribution in [0.25, 0.3) is 0 Å². The molecular formula is C11H14N2O4S. The molecule has 0 spiro atoms. The number of carbonyl (C=O) groups is 2. The number of β-amino-alcohol motifs (C(OH)–C–C–N with tert-alkyl or cyclic N) is 1. The van der Waals surface area contributed by atoms with Gasteiger partial charge in [-0.1, -0.05) is 0 Å². The summed E-state index contributed by atoms with van der Waals surface area (Å²) in [6.07, 6.45) is 0.0188. The number of hydrogen-bond donors (Lipinski definition) is 3. The third-order valence-electron chi connectivity index (χ3n) is 2.73. The number of amides is 1. The molecule has 1 fully saturated rings. The number of aromatic carboxylic acids is 1. The average molecular weight is 270 g/mol. The molecule has 3 N–H and O–H groups in total. The summed E-state index contributed by atoms with van der Waals surface area (Å²) < 4.78 is 0. The second kappa shape index (κ2) is 5.47. The summed E-state index contributed by atoms with van der Waals surface area (Å²) >= 11 is 1.08. The third kappa shape index (κ3) is 3.06. The number of nitrogens with one attached hydrogen (secondary N) is 1. The van der Waals surface area contributed by atoms with Crippen molar-refractivity contribution in [2.45, 2.75) is 12.5 Å². The van der Waals surface area contributed by atoms with E-state index in [1.807, 2.05) is 4.90 Å². The number of carboxylic acid groups (broad SMARTS) is 1. The van der Waals surface area contributed by atoms with Crippen molar-refractivity contribution in [3.8, 4) is 0 Å². The molecular weight excluding hydrogens is 256 g/mol. The molecule has 1 saturated heterocycles. The van der Waals surface area contributed by atoms with Crippen LogP contribution in [-0.2, 0) is 4.79 Å². The van der Waals surface area contributed by atoms with Gasteiger partial charge < -0.3 is 15.5 Å². The van der Waals surface area contributed by atoms with Gasteiger partial charge in [0.05, 0.1) is 11.8 Å². The summed E-state index contributed by atoms with van der Waals surface area (Å²) in [7, 11) is 0. The van der Waals surface area contributed by atoms with Gasteiger partial charge in [-0.15, -0.1) is 11.3 Å². The molecule has 6 nitrogen and oxygen atoms in total. The smallest absolute Gasteiger partial charge is 0.348 e. The minimum Gasteiger partial charge on any atom is -0.477 e. The molecule has 1 aliphatic heterocycles. The number of aliphatic hydroxyl groups excluding tert-OH is 1. The lowest BCUT2D eigenvalue weighted by Gasteiger charge is -2.35. The second-order valence-electron chi connectivity index (χ2n) is 4.18. The summed E-state index contributed by atoms with van der Waals surface area (Å²) in [5.41, 5.74) is 0.348. The van der Waals surface area contributed by atoms with E-state index in [2.05, 4.69) is 5.32 Å². The number of likely N-dealkylation sites (tertiary alicyclic amines) is 1. The molecule has 1 aromatic rings. The third-order valence-corrected chi connectivity index (χ3v) is 3.63. The Morgan fingerprint density at radius 3 is 2.83 bits per heavy atom. The number of thiophene rings is 1. The molecule has 98 valence electrons. The molecule has 0 atom stereocenters. The highest BCUT2D eigenvalue weighted by atomic mass is 32.1. The van der Waals surface area contributed by atoms with E-state index in [9.17, 15) is 9.59 Å². The van der Waals surface area contributed by atoms with Gasteiger partial charge in [0.2, 0.25) is 5.91 Å². The largest absolute Gasteiger partial charge is 0.477 e. The van der Waals surface area contributed by atoms with Gasteiger partial charge in [0.25, 0.3) is 0 Å². The minimum atomic E-state index is -1.04. The molecule has 1 aliphatic rings. The van der Waals surface area contributed by atoms with Gasteiger partial charge in [0.15, 0.2) is 0 Å². The first kappa shape index (κ1) is 13.0. The first-order valence-corrected chi connectivity index (χ1v) is 6.45. The van der Waals surface area contributed by atoms with Crippen molar-refractivity contribution in [3.63, 3.8) is 0 Å². The van der Waals surface area contributed by atoms with Gasteiger partial charge in [0, 0.05) is 26.1 Å². The topological polar surface area (TPSA) is 89.9 Å². The maximum atomic E-state index is 11.6. The highest BCUT2D eigenvalue weighted by Gasteiger charge is 2.24. The van der Waals surface area contributed by atoms with Crippen molar-refractivity contribution < 1.29 is 19.8 Å². The molecule has 7 heteroatoms. The lowest BCUT2D eigenvalue weighted by Crippen LogP contribution is -2.51. The zero-order valence-corrected chi connectivity index (χ0v) is 10.4. The monoisotopic (exact) mass is 270 g/mol. The highest BCUT2D eigenvalue weighted by molar-refractivity contribution is 7.12. The molecule has 1 amide bonds. The first-order chi connectivity index (χ1) is 8.56. The van der Waals surface area contributed by atoms with Gasteiger partial charge >= 0.3 is 5.97 Å². The molecule has 0 aromatic carbocycles. The van der Waals surface area contributed by atoms with E-state index < -0.39 is 5.97 Å². The van der Waals surface area contributed by atoms with E-state index in [0.717, 1.165) is 11.3 Å². The van der Waals surface area contributed by atoms with Crippen LogP contribution in [0, 0.1) is 0 Å². The molecule has 2 heterocycles. The maximum absolute atomic E-state index is 11.6. The van der Waals surface area contributed by atoms with E-state index in [0.29, 0.717) is 31.7 Å². The Balaban J connectivity index is 1.80. The van der Waals surface area contributed by atoms with Crippen molar-refractivity contribution in [1.82, 2.24) is 4.90 Å². The van der Waals surface area contributed by atoms with Crippen molar-refractivity contribution >= 4 is 28.9 Å². The summed E-state index contributed by atoms with van der Waals surface area (Å²) in [5, 5.41) is 22.2. The molecule has 0 saturated carbocycles. The van der Waals surface area contributed by atoms with Crippen LogP contribution in [0.2, 0.25) is 0 Å². The van der Waals surface area contributed by atoms with Gasteiger partial charge in [-0.3, -0.25) is 9.69 Å². The highest BCUT2D eigenvalue weighted by Crippen LogP contribution is 2.22. The quantitative estimate of drug-likeness (QED) is 0.723. The van der Waals surface area contributed by atoms with Gasteiger partial charge in [0.1, 0.15) is 4.88 Å². The molecule has 1 aromatic heterocycles. The number of hydrogen-bond acceptors (Lipinski definition) is 5. The van der Waals surface area contributed by atoms with Crippen molar-refractivity contribution in [3.05, 3.63) is 16.3 Å². The SMILES string of the molecule is O=C(CCN1CC(O)C1)Nc1ccsc1C(=O)O. The normalized spacial score (nSPS) is 16.3. The minimum absolute atomic E-state index is 0.141. The van der Waals surface area contributed by atoms with Crippen LogP contribution in [0.4, 0.5) is 5.69 Å². The van der Waals surface area contributed by atoms with Gasteiger partial charge in [-0.25, -0.2) is 4.79 Å². The van der Waals surface area contributed by atoms with Crippen molar-refractivity contribution in [1.29, 1.82) is 0 Å². The molecule has 2 rings (SSSR count).